The molecule has 3 aliphatic rings. The van der Waals surface area contributed by atoms with Crippen LogP contribution in [0.2, 0.25) is 5.02 Å². The molecule has 0 bridgehead atoms. The maximum absolute atomic E-state index is 13.7. The van der Waals surface area contributed by atoms with E-state index in [1.165, 1.54) is 30.4 Å². The highest BCUT2D eigenvalue weighted by atomic mass is 35.5. The smallest absolute Gasteiger partial charge is 0.315 e. The van der Waals surface area contributed by atoms with Crippen LogP contribution in [0.5, 0.6) is 0 Å². The predicted octanol–water partition coefficient (Wildman–Crippen LogP) is 3.04. The summed E-state index contributed by atoms with van der Waals surface area (Å²) in [5.41, 5.74) is 1.31. The summed E-state index contributed by atoms with van der Waals surface area (Å²) in [4.78, 5) is 35.9. The van der Waals surface area contributed by atoms with Crippen molar-refractivity contribution in [3.63, 3.8) is 0 Å². The number of rotatable bonds is 3. The van der Waals surface area contributed by atoms with Crippen LogP contribution in [-0.4, -0.2) is 46.2 Å². The Balaban J connectivity index is 1.70. The zero-order valence-electron chi connectivity index (χ0n) is 15.9. The van der Waals surface area contributed by atoms with Crippen LogP contribution in [0, 0.1) is 5.82 Å². The summed E-state index contributed by atoms with van der Waals surface area (Å²) in [6, 6.07) is 3.19. The molecule has 2 saturated heterocycles. The van der Waals surface area contributed by atoms with Gasteiger partial charge in [-0.05, 0) is 19.1 Å². The molecule has 0 unspecified atom stereocenters. The van der Waals surface area contributed by atoms with E-state index in [0.29, 0.717) is 41.5 Å². The van der Waals surface area contributed by atoms with Gasteiger partial charge in [0.1, 0.15) is 11.9 Å². The topological polar surface area (TPSA) is 86.7 Å². The number of aromatic nitrogens is 1. The number of hydrogen-bond acceptors (Lipinski definition) is 6. The monoisotopic (exact) mass is 445 g/mol. The van der Waals surface area contributed by atoms with Crippen molar-refractivity contribution in [2.45, 2.75) is 24.9 Å². The lowest BCUT2D eigenvalue weighted by Crippen LogP contribution is -2.47. The highest BCUT2D eigenvalue weighted by Crippen LogP contribution is 2.45. The molecular weight excluding hydrogens is 429 g/mol. The van der Waals surface area contributed by atoms with Gasteiger partial charge in [-0.1, -0.05) is 17.7 Å². The average molecular weight is 446 g/mol. The molecule has 7 nitrogen and oxygen atoms in total. The normalized spacial score (nSPS) is 25.3. The molecule has 30 heavy (non-hydrogen) atoms. The summed E-state index contributed by atoms with van der Waals surface area (Å²) in [6.07, 6.45) is 2.16. The van der Waals surface area contributed by atoms with Crippen LogP contribution in [0.4, 0.5) is 9.18 Å². The van der Waals surface area contributed by atoms with Crippen molar-refractivity contribution in [2.24, 2.45) is 4.99 Å². The first kappa shape index (κ1) is 19.2. The summed E-state index contributed by atoms with van der Waals surface area (Å²) in [7, 11) is 0. The Morgan fingerprint density at radius 3 is 2.90 bits per heavy atom. The minimum Gasteiger partial charge on any atom is -0.336 e. The Bertz CT molecular complexity index is 1130. The zero-order valence-corrected chi connectivity index (χ0v) is 17.5. The lowest BCUT2D eigenvalue weighted by Gasteiger charge is -2.32. The van der Waals surface area contributed by atoms with Crippen molar-refractivity contribution in [3.8, 4) is 0 Å². The Morgan fingerprint density at radius 2 is 2.27 bits per heavy atom. The number of ketones is 1. The average Bonchev–Trinajstić information content (AvgIpc) is 3.41. The summed E-state index contributed by atoms with van der Waals surface area (Å²) in [5, 5.41) is 8.58. The van der Waals surface area contributed by atoms with Crippen LogP contribution in [0.3, 0.4) is 0 Å². The molecule has 0 saturated carbocycles. The molecule has 1 spiro atoms. The zero-order chi connectivity index (χ0) is 21.0. The summed E-state index contributed by atoms with van der Waals surface area (Å²) in [6.45, 7) is 2.41. The fourth-order valence-corrected chi connectivity index (χ4v) is 5.27. The van der Waals surface area contributed by atoms with Crippen LogP contribution < -0.4 is 10.6 Å². The molecule has 10 heteroatoms. The number of halogens is 2. The second kappa shape index (κ2) is 6.88. The summed E-state index contributed by atoms with van der Waals surface area (Å²) >= 11 is 7.79. The van der Waals surface area contributed by atoms with Crippen LogP contribution in [0.15, 0.2) is 46.0 Å². The van der Waals surface area contributed by atoms with E-state index in [1.807, 2.05) is 10.3 Å². The highest BCUT2D eigenvalue weighted by Gasteiger charge is 2.51. The number of urea groups is 1. The van der Waals surface area contributed by atoms with Crippen LogP contribution in [-0.2, 0) is 4.79 Å². The number of hydrogen-bond donors (Lipinski definition) is 2. The van der Waals surface area contributed by atoms with E-state index in [1.54, 1.807) is 12.3 Å². The van der Waals surface area contributed by atoms with E-state index in [2.05, 4.69) is 15.6 Å². The van der Waals surface area contributed by atoms with Crippen molar-refractivity contribution in [1.29, 1.82) is 0 Å². The van der Waals surface area contributed by atoms with Crippen molar-refractivity contribution >= 4 is 40.6 Å². The predicted molar refractivity (Wildman–Crippen MR) is 111 cm³/mol. The van der Waals surface area contributed by atoms with Gasteiger partial charge >= 0.3 is 6.03 Å². The minimum absolute atomic E-state index is 0.142. The number of carbonyl (C=O) groups is 2. The molecule has 4 heterocycles. The Hall–Kier alpha value is -2.78. The first-order valence-electron chi connectivity index (χ1n) is 9.37. The second-order valence-electron chi connectivity index (χ2n) is 7.63. The number of nitrogens with zero attached hydrogens (tertiary/aromatic N) is 3. The molecule has 1 aromatic carbocycles. The number of benzene rings is 1. The summed E-state index contributed by atoms with van der Waals surface area (Å²) in [5.74, 6) is 0.0204. The SMILES string of the molecule is CC(=O)C1=C2C[C@]3(CNC(=O)N3)CN2C(c2nccs2)=N[C@H]1c1ccc(F)cc1Cl. The molecule has 0 radical (unpaired) electrons. The summed E-state index contributed by atoms with van der Waals surface area (Å²) < 4.78 is 13.7. The molecule has 3 aliphatic heterocycles. The molecule has 2 amide bonds. The lowest BCUT2D eigenvalue weighted by atomic mass is 9.90. The minimum atomic E-state index is -0.680. The van der Waals surface area contributed by atoms with Crippen molar-refractivity contribution in [2.75, 3.05) is 13.1 Å². The van der Waals surface area contributed by atoms with E-state index in [9.17, 15) is 14.0 Å². The van der Waals surface area contributed by atoms with E-state index >= 15 is 0 Å². The van der Waals surface area contributed by atoms with Gasteiger partial charge in [0.05, 0.1) is 5.54 Å². The fraction of sp³-hybridized carbons (Fsp3) is 0.300. The number of carbonyl (C=O) groups excluding carboxylic acids is 2. The van der Waals surface area contributed by atoms with E-state index in [4.69, 9.17) is 16.6 Å². The standard InChI is InChI=1S/C20H17ClFN5O2S/c1-10(28)15-14-7-20(8-24-19(29)26-20)9-27(14)17(18-23-4-5-30-18)25-16(15)12-3-2-11(22)6-13(12)21/h2-6,16H,7-9H2,1H3,(H2,24,26,29)/t16-,20-/m0/s1. The largest absolute Gasteiger partial charge is 0.336 e. The molecule has 2 fully saturated rings. The van der Waals surface area contributed by atoms with E-state index in [0.717, 1.165) is 5.70 Å². The van der Waals surface area contributed by atoms with Crippen molar-refractivity contribution in [3.05, 3.63) is 62.5 Å². The highest BCUT2D eigenvalue weighted by molar-refractivity contribution is 7.11. The van der Waals surface area contributed by atoms with Gasteiger partial charge in [-0.3, -0.25) is 9.79 Å². The maximum atomic E-state index is 13.7. The molecule has 154 valence electrons. The van der Waals surface area contributed by atoms with E-state index in [-0.39, 0.29) is 16.8 Å². The number of nitrogens with one attached hydrogen (secondary N) is 2. The molecule has 2 atom stereocenters. The van der Waals surface area contributed by atoms with Crippen LogP contribution in [0.1, 0.15) is 30.0 Å². The second-order valence-corrected chi connectivity index (χ2v) is 8.93. The molecule has 2 N–H and O–H groups in total. The van der Waals surface area contributed by atoms with Gasteiger partial charge in [-0.2, -0.15) is 0 Å². The van der Waals surface area contributed by atoms with Gasteiger partial charge in [-0.15, -0.1) is 11.3 Å². The number of thiazole rings is 1. The Kier molecular flexibility index (Phi) is 4.41. The number of amides is 2. The first-order chi connectivity index (χ1) is 14.4. The van der Waals surface area contributed by atoms with Crippen LogP contribution in [0.25, 0.3) is 0 Å². The number of aliphatic imine (C=N–C) groups is 1. The number of Topliss-reactive ketones (excluding diaryl/α,β-unsaturated/α-hetero) is 1. The third-order valence-corrected chi connectivity index (χ3v) is 6.71. The number of fused-ring (bicyclic) bond motifs is 1. The molecule has 1 aromatic heterocycles. The Labute approximate surface area is 180 Å². The number of amidine groups is 1. The van der Waals surface area contributed by atoms with Gasteiger partial charge in [0.25, 0.3) is 0 Å². The quantitative estimate of drug-likeness (QED) is 0.760. The van der Waals surface area contributed by atoms with Gasteiger partial charge in [0, 0.05) is 52.9 Å². The van der Waals surface area contributed by atoms with Crippen LogP contribution >= 0.6 is 22.9 Å². The third kappa shape index (κ3) is 3.00. The van der Waals surface area contributed by atoms with Crippen molar-refractivity contribution < 1.29 is 14.0 Å². The van der Waals surface area contributed by atoms with Gasteiger partial charge in [0.15, 0.2) is 16.6 Å². The first-order valence-corrected chi connectivity index (χ1v) is 10.6. The van der Waals surface area contributed by atoms with E-state index < -0.39 is 17.4 Å². The fourth-order valence-electron chi connectivity index (χ4n) is 4.36. The molecule has 5 rings (SSSR count). The Morgan fingerprint density at radius 1 is 1.43 bits per heavy atom. The van der Waals surface area contributed by atoms with Gasteiger partial charge < -0.3 is 15.5 Å². The lowest BCUT2D eigenvalue weighted by molar-refractivity contribution is -0.114. The van der Waals surface area contributed by atoms with Gasteiger partial charge in [-0.25, -0.2) is 14.2 Å². The van der Waals surface area contributed by atoms with Gasteiger partial charge in [0.2, 0.25) is 0 Å². The molecule has 0 aliphatic carbocycles. The maximum Gasteiger partial charge on any atom is 0.315 e. The van der Waals surface area contributed by atoms with Crippen molar-refractivity contribution in [1.82, 2.24) is 20.5 Å². The third-order valence-electron chi connectivity index (χ3n) is 5.61. The molecular formula is C20H17ClFN5O2S. The molecule has 2 aromatic rings.